The number of allylic oxidation sites excluding steroid dienone is 4. The van der Waals surface area contributed by atoms with E-state index in [2.05, 4.69) is 46.6 Å². The lowest BCUT2D eigenvalue weighted by atomic mass is 9.97. The second-order valence-electron chi connectivity index (χ2n) is 8.88. The van der Waals surface area contributed by atoms with Gasteiger partial charge in [-0.05, 0) is 63.3 Å². The van der Waals surface area contributed by atoms with Gasteiger partial charge in [-0.2, -0.15) is 0 Å². The van der Waals surface area contributed by atoms with E-state index >= 15 is 0 Å². The third kappa shape index (κ3) is 4.89. The molecule has 0 aromatic heterocycles. The minimum Gasteiger partial charge on any atom is -0.407 e. The summed E-state index contributed by atoms with van der Waals surface area (Å²) in [5.74, 6) is 2.24. The molecule has 1 saturated heterocycles. The molecule has 1 fully saturated rings. The predicted molar refractivity (Wildman–Crippen MR) is 122 cm³/mol. The summed E-state index contributed by atoms with van der Waals surface area (Å²) in [6.45, 7) is 8.51. The molecule has 0 amide bonds. The van der Waals surface area contributed by atoms with Gasteiger partial charge >= 0.3 is 0 Å². The molecule has 0 radical (unpaired) electrons. The van der Waals surface area contributed by atoms with Crippen molar-refractivity contribution >= 4 is 5.78 Å². The van der Waals surface area contributed by atoms with Gasteiger partial charge in [0, 0.05) is 36.0 Å². The molecule has 0 aromatic rings. The molecule has 31 heavy (non-hydrogen) atoms. The van der Waals surface area contributed by atoms with Gasteiger partial charge in [0.05, 0.1) is 6.54 Å². The number of piperidine rings is 1. The lowest BCUT2D eigenvalue weighted by Crippen LogP contribution is -2.40. The lowest BCUT2D eigenvalue weighted by molar-refractivity contribution is -0.117. The fourth-order valence-corrected chi connectivity index (χ4v) is 4.90. The molecule has 4 rings (SSSR count). The van der Waals surface area contributed by atoms with Gasteiger partial charge < -0.3 is 20.8 Å². The number of Topliss-reactive ketones (excluding diaryl/α,β-unsaturated/α-hetero) is 1. The number of carbonyl (C=O) groups excluding carboxylic acids is 1. The molecule has 3 heterocycles. The maximum atomic E-state index is 12.9. The molecule has 1 unspecified atom stereocenters. The first kappa shape index (κ1) is 22.1. The summed E-state index contributed by atoms with van der Waals surface area (Å²) in [6.07, 6.45) is 11.5. The van der Waals surface area contributed by atoms with Crippen molar-refractivity contribution in [3.8, 4) is 0 Å². The Morgan fingerprint density at radius 1 is 1.23 bits per heavy atom. The van der Waals surface area contributed by atoms with Crippen molar-refractivity contribution in [2.45, 2.75) is 65.0 Å². The molecule has 3 aliphatic heterocycles. The van der Waals surface area contributed by atoms with E-state index < -0.39 is 0 Å². The second kappa shape index (κ2) is 10.0. The Morgan fingerprint density at radius 2 is 2.03 bits per heavy atom. The zero-order valence-electron chi connectivity index (χ0n) is 19.0. The summed E-state index contributed by atoms with van der Waals surface area (Å²) in [5.41, 5.74) is 13.4. The van der Waals surface area contributed by atoms with Crippen molar-refractivity contribution < 1.29 is 9.63 Å². The molecule has 4 N–H and O–H groups in total. The molecule has 4 aliphatic rings. The third-order valence-corrected chi connectivity index (χ3v) is 6.65. The molecule has 170 valence electrons. The van der Waals surface area contributed by atoms with Crippen molar-refractivity contribution in [2.24, 2.45) is 5.73 Å². The van der Waals surface area contributed by atoms with Crippen LogP contribution in [-0.4, -0.2) is 54.5 Å². The fraction of sp³-hybridized carbons (Fsp3) is 0.625. The van der Waals surface area contributed by atoms with Crippen LogP contribution in [0.2, 0.25) is 0 Å². The molecule has 1 aliphatic carbocycles. The topological polar surface area (TPSA) is 82.9 Å². The van der Waals surface area contributed by atoms with Gasteiger partial charge in [0.2, 0.25) is 0 Å². The van der Waals surface area contributed by atoms with Crippen LogP contribution in [0.3, 0.4) is 0 Å². The highest BCUT2D eigenvalue weighted by Gasteiger charge is 2.30. The van der Waals surface area contributed by atoms with Gasteiger partial charge in [-0.25, -0.2) is 0 Å². The number of hydroxylamine groups is 1. The number of nitrogens with zero attached hydrogens (tertiary/aromatic N) is 2. The van der Waals surface area contributed by atoms with Crippen molar-refractivity contribution in [3.05, 3.63) is 46.1 Å². The molecule has 0 saturated carbocycles. The lowest BCUT2D eigenvalue weighted by Gasteiger charge is -2.35. The summed E-state index contributed by atoms with van der Waals surface area (Å²) in [6, 6.07) is 0. The molecule has 0 bridgehead atoms. The number of dihydropyridines is 1. The molecule has 0 spiro atoms. The Balaban J connectivity index is 1.55. The smallest absolute Gasteiger partial charge is 0.174 e. The zero-order chi connectivity index (χ0) is 21.8. The Hall–Kier alpha value is -2.09. The normalized spacial score (nSPS) is 24.3. The van der Waals surface area contributed by atoms with Gasteiger partial charge in [0.15, 0.2) is 11.5 Å². The van der Waals surface area contributed by atoms with Crippen LogP contribution in [0.5, 0.6) is 0 Å². The Labute approximate surface area is 186 Å². The summed E-state index contributed by atoms with van der Waals surface area (Å²) < 4.78 is 0. The van der Waals surface area contributed by atoms with E-state index in [1.165, 1.54) is 30.5 Å². The number of carbonyl (C=O) groups is 1. The van der Waals surface area contributed by atoms with E-state index in [1.807, 2.05) is 0 Å². The van der Waals surface area contributed by atoms with Crippen molar-refractivity contribution in [1.82, 2.24) is 20.6 Å². The Morgan fingerprint density at radius 3 is 2.77 bits per heavy atom. The second-order valence-corrected chi connectivity index (χ2v) is 8.88. The van der Waals surface area contributed by atoms with Crippen molar-refractivity contribution in [3.63, 3.8) is 0 Å². The minimum atomic E-state index is -0.206. The van der Waals surface area contributed by atoms with Crippen molar-refractivity contribution in [2.75, 3.05) is 32.7 Å². The van der Waals surface area contributed by atoms with Crippen LogP contribution in [0, 0.1) is 0 Å². The predicted octanol–water partition coefficient (Wildman–Crippen LogP) is 2.66. The highest BCUT2D eigenvalue weighted by Crippen LogP contribution is 2.33. The molecule has 7 nitrogen and oxygen atoms in total. The number of likely N-dealkylation sites (tertiary alicyclic amines) is 1. The standard InChI is InChI=1S/C24H37N5O2/c1-3-10-29(19-8-9-20-22(14-19)31-27-23(20)25)24-17(4-2)13-18(15-26-24)21(30)16-28-11-6-5-7-12-28/h13-14,23,26-27H,3-12,15-16,25H2,1-2H3. The maximum Gasteiger partial charge on any atom is 0.174 e. The van der Waals surface area contributed by atoms with Crippen LogP contribution in [0.1, 0.15) is 58.8 Å². The van der Waals surface area contributed by atoms with E-state index in [0.29, 0.717) is 13.1 Å². The quantitative estimate of drug-likeness (QED) is 0.549. The van der Waals surface area contributed by atoms with E-state index in [0.717, 1.165) is 68.0 Å². The van der Waals surface area contributed by atoms with E-state index in [9.17, 15) is 4.79 Å². The monoisotopic (exact) mass is 427 g/mol. The molecule has 0 aromatic carbocycles. The highest BCUT2D eigenvalue weighted by molar-refractivity contribution is 5.98. The average Bonchev–Trinajstić information content (AvgIpc) is 3.17. The average molecular weight is 428 g/mol. The summed E-state index contributed by atoms with van der Waals surface area (Å²) in [5, 5.41) is 3.60. The molecular formula is C24H37N5O2. The van der Waals surface area contributed by atoms with Crippen LogP contribution in [-0.2, 0) is 9.63 Å². The molecule has 1 atom stereocenters. The third-order valence-electron chi connectivity index (χ3n) is 6.65. The van der Waals surface area contributed by atoms with Crippen LogP contribution in [0.4, 0.5) is 0 Å². The Kier molecular flexibility index (Phi) is 7.15. The molecular weight excluding hydrogens is 390 g/mol. The van der Waals surface area contributed by atoms with E-state index in [1.54, 1.807) is 0 Å². The van der Waals surface area contributed by atoms with E-state index in [-0.39, 0.29) is 11.9 Å². The number of ketones is 1. The van der Waals surface area contributed by atoms with Crippen molar-refractivity contribution in [1.29, 1.82) is 0 Å². The van der Waals surface area contributed by atoms with Crippen LogP contribution in [0.15, 0.2) is 46.1 Å². The minimum absolute atomic E-state index is 0.206. The van der Waals surface area contributed by atoms with Crippen LogP contribution >= 0.6 is 0 Å². The first-order chi connectivity index (χ1) is 15.1. The summed E-state index contributed by atoms with van der Waals surface area (Å²) in [4.78, 5) is 23.2. The van der Waals surface area contributed by atoms with Gasteiger partial charge in [-0.15, -0.1) is 5.48 Å². The largest absolute Gasteiger partial charge is 0.407 e. The summed E-state index contributed by atoms with van der Waals surface area (Å²) in [7, 11) is 0. The number of rotatable bonds is 8. The maximum absolute atomic E-state index is 12.9. The number of hydrogen-bond donors (Lipinski definition) is 3. The number of nitrogens with one attached hydrogen (secondary N) is 2. The highest BCUT2D eigenvalue weighted by atomic mass is 16.7. The van der Waals surface area contributed by atoms with Gasteiger partial charge in [0.1, 0.15) is 12.0 Å². The first-order valence-electron chi connectivity index (χ1n) is 11.9. The van der Waals surface area contributed by atoms with Crippen LogP contribution in [0.25, 0.3) is 0 Å². The first-order valence-corrected chi connectivity index (χ1v) is 11.9. The van der Waals surface area contributed by atoms with Gasteiger partial charge in [-0.1, -0.05) is 20.3 Å². The van der Waals surface area contributed by atoms with Gasteiger partial charge in [-0.3, -0.25) is 9.69 Å². The fourth-order valence-electron chi connectivity index (χ4n) is 4.90. The summed E-state index contributed by atoms with van der Waals surface area (Å²) >= 11 is 0. The van der Waals surface area contributed by atoms with Gasteiger partial charge in [0.25, 0.3) is 0 Å². The number of nitrogens with two attached hydrogens (primary N) is 1. The molecule has 7 heteroatoms. The SMILES string of the molecule is CCCN(C1=CC2=C(CC1)C(N)NO2)C1=C(CC)C=C(C(=O)CN2CCCCC2)CN1. The van der Waals surface area contributed by atoms with E-state index in [4.69, 9.17) is 10.6 Å². The Bertz CT molecular complexity index is 820. The van der Waals surface area contributed by atoms with Crippen LogP contribution < -0.4 is 16.5 Å². The zero-order valence-corrected chi connectivity index (χ0v) is 19.0. The number of hydrogen-bond acceptors (Lipinski definition) is 7.